The number of nitrogens with one attached hydrogen (secondary N) is 1. The molecule has 144 valence electrons. The molecule has 0 bridgehead atoms. The van der Waals surface area contributed by atoms with Gasteiger partial charge in [-0.05, 0) is 37.3 Å². The first-order valence-electron chi connectivity index (χ1n) is 8.44. The van der Waals surface area contributed by atoms with Gasteiger partial charge in [-0.25, -0.2) is 8.42 Å². The molecule has 9 heteroatoms. The van der Waals surface area contributed by atoms with Crippen LogP contribution in [0, 0.1) is 5.92 Å². The van der Waals surface area contributed by atoms with E-state index in [4.69, 9.17) is 5.73 Å². The van der Waals surface area contributed by atoms with Gasteiger partial charge < -0.3 is 11.1 Å². The number of nitrogens with two attached hydrogens (primary N) is 1. The highest BCUT2D eigenvalue weighted by atomic mass is 35.5. The van der Waals surface area contributed by atoms with E-state index in [0.717, 1.165) is 24.1 Å². The average Bonchev–Trinajstić information content (AvgIpc) is 3.04. The van der Waals surface area contributed by atoms with Crippen LogP contribution >= 0.6 is 23.7 Å². The van der Waals surface area contributed by atoms with Crippen LogP contribution < -0.4 is 11.1 Å². The van der Waals surface area contributed by atoms with Crippen molar-refractivity contribution in [1.29, 1.82) is 0 Å². The van der Waals surface area contributed by atoms with Gasteiger partial charge in [0.2, 0.25) is 5.91 Å². The van der Waals surface area contributed by atoms with Gasteiger partial charge in [-0.3, -0.25) is 4.79 Å². The van der Waals surface area contributed by atoms with Gasteiger partial charge in [0.05, 0.1) is 6.04 Å². The molecule has 1 fully saturated rings. The van der Waals surface area contributed by atoms with E-state index in [1.807, 2.05) is 19.9 Å². The lowest BCUT2D eigenvalue weighted by molar-refractivity contribution is -0.123. The van der Waals surface area contributed by atoms with E-state index >= 15 is 0 Å². The molecule has 1 amide bonds. The summed E-state index contributed by atoms with van der Waals surface area (Å²) in [6, 6.07) is 2.99. The molecule has 1 aromatic heterocycles. The van der Waals surface area contributed by atoms with Gasteiger partial charge in [-0.15, -0.1) is 23.7 Å². The first-order chi connectivity index (χ1) is 11.3. The minimum atomic E-state index is -3.36. The largest absolute Gasteiger partial charge is 0.354 e. The molecule has 2 heterocycles. The van der Waals surface area contributed by atoms with Crippen LogP contribution in [0.3, 0.4) is 0 Å². The third-order valence-electron chi connectivity index (χ3n) is 4.24. The summed E-state index contributed by atoms with van der Waals surface area (Å²) in [6.07, 6.45) is 3.57. The number of nitrogens with zero attached hydrogens (tertiary/aromatic N) is 1. The fourth-order valence-corrected chi connectivity index (χ4v) is 5.62. The van der Waals surface area contributed by atoms with Gasteiger partial charge in [0.1, 0.15) is 4.21 Å². The van der Waals surface area contributed by atoms with E-state index in [2.05, 4.69) is 5.32 Å². The highest BCUT2D eigenvalue weighted by Gasteiger charge is 2.27. The minimum Gasteiger partial charge on any atom is -0.354 e. The monoisotopic (exact) mass is 409 g/mol. The SMILES string of the molecule is CC(C)[C@H](N)C(=O)NCCc1ccc(S(=O)(=O)N2CCCCC2)s1.Cl. The maximum absolute atomic E-state index is 12.6. The predicted molar refractivity (Wildman–Crippen MR) is 104 cm³/mol. The second kappa shape index (κ2) is 9.87. The Morgan fingerprint density at radius 3 is 2.52 bits per heavy atom. The van der Waals surface area contributed by atoms with Crippen LogP contribution in [0.5, 0.6) is 0 Å². The first kappa shape index (κ1) is 22.4. The van der Waals surface area contributed by atoms with Crippen LogP contribution in [0.1, 0.15) is 38.0 Å². The van der Waals surface area contributed by atoms with Crippen molar-refractivity contribution in [3.8, 4) is 0 Å². The van der Waals surface area contributed by atoms with Crippen molar-refractivity contribution in [2.45, 2.75) is 49.8 Å². The van der Waals surface area contributed by atoms with Crippen molar-refractivity contribution in [2.75, 3.05) is 19.6 Å². The number of amides is 1. The fraction of sp³-hybridized carbons (Fsp3) is 0.688. The summed E-state index contributed by atoms with van der Waals surface area (Å²) in [5.74, 6) is -0.0734. The molecule has 6 nitrogen and oxygen atoms in total. The van der Waals surface area contributed by atoms with Crippen molar-refractivity contribution in [3.63, 3.8) is 0 Å². The summed E-state index contributed by atoms with van der Waals surface area (Å²) in [5, 5.41) is 2.81. The fourth-order valence-electron chi connectivity index (χ4n) is 2.59. The Balaban J connectivity index is 0.00000312. The summed E-state index contributed by atoms with van der Waals surface area (Å²) in [5.41, 5.74) is 5.79. The van der Waals surface area contributed by atoms with Gasteiger partial charge in [0, 0.05) is 24.5 Å². The number of carbonyl (C=O) groups is 1. The maximum atomic E-state index is 12.6. The number of hydrogen-bond donors (Lipinski definition) is 2. The zero-order valence-corrected chi connectivity index (χ0v) is 17.2. The van der Waals surface area contributed by atoms with Crippen LogP contribution in [0.15, 0.2) is 16.3 Å². The molecule has 25 heavy (non-hydrogen) atoms. The van der Waals surface area contributed by atoms with E-state index in [0.29, 0.717) is 30.3 Å². The molecule has 0 spiro atoms. The molecular weight excluding hydrogens is 382 g/mol. The van der Waals surface area contributed by atoms with E-state index in [-0.39, 0.29) is 24.2 Å². The molecule has 3 N–H and O–H groups in total. The Morgan fingerprint density at radius 2 is 1.92 bits per heavy atom. The van der Waals surface area contributed by atoms with Gasteiger partial charge in [0.15, 0.2) is 0 Å². The van der Waals surface area contributed by atoms with E-state index in [1.165, 1.54) is 11.3 Å². The molecule has 2 rings (SSSR count). The van der Waals surface area contributed by atoms with Crippen LogP contribution in [0.2, 0.25) is 0 Å². The van der Waals surface area contributed by atoms with Gasteiger partial charge in [-0.2, -0.15) is 4.31 Å². The predicted octanol–water partition coefficient (Wildman–Crippen LogP) is 1.99. The highest BCUT2D eigenvalue weighted by Crippen LogP contribution is 2.27. The Hall–Kier alpha value is -0.670. The molecule has 0 unspecified atom stereocenters. The number of halogens is 1. The Morgan fingerprint density at radius 1 is 1.28 bits per heavy atom. The Bertz CT molecular complexity index is 655. The van der Waals surface area contributed by atoms with Gasteiger partial charge in [-0.1, -0.05) is 20.3 Å². The number of carbonyl (C=O) groups excluding carboxylic acids is 1. The lowest BCUT2D eigenvalue weighted by atomic mass is 10.1. The molecular formula is C16H28ClN3O3S2. The zero-order valence-electron chi connectivity index (χ0n) is 14.7. The summed E-state index contributed by atoms with van der Waals surface area (Å²) in [7, 11) is -3.36. The molecule has 0 radical (unpaired) electrons. The van der Waals surface area contributed by atoms with Crippen molar-refractivity contribution in [1.82, 2.24) is 9.62 Å². The normalized spacial score (nSPS) is 17.1. The third-order valence-corrected chi connectivity index (χ3v) is 7.75. The number of thiophene rings is 1. The van der Waals surface area contributed by atoms with E-state index < -0.39 is 16.1 Å². The molecule has 0 aromatic carbocycles. The zero-order chi connectivity index (χ0) is 17.7. The average molecular weight is 410 g/mol. The van der Waals surface area contributed by atoms with Crippen molar-refractivity contribution in [2.24, 2.45) is 11.7 Å². The summed E-state index contributed by atoms with van der Waals surface area (Å²) in [4.78, 5) is 12.8. The lowest BCUT2D eigenvalue weighted by Crippen LogP contribution is -2.44. The third kappa shape index (κ3) is 5.92. The molecule has 1 aliphatic rings. The lowest BCUT2D eigenvalue weighted by Gasteiger charge is -2.25. The minimum absolute atomic E-state index is 0. The first-order valence-corrected chi connectivity index (χ1v) is 10.7. The van der Waals surface area contributed by atoms with Crippen LogP contribution in [-0.2, 0) is 21.2 Å². The van der Waals surface area contributed by atoms with E-state index in [9.17, 15) is 13.2 Å². The molecule has 1 aliphatic heterocycles. The van der Waals surface area contributed by atoms with Crippen molar-refractivity contribution in [3.05, 3.63) is 17.0 Å². The summed E-state index contributed by atoms with van der Waals surface area (Å²) >= 11 is 1.29. The molecule has 1 saturated heterocycles. The summed E-state index contributed by atoms with van der Waals surface area (Å²) in [6.45, 7) is 5.49. The maximum Gasteiger partial charge on any atom is 0.252 e. The van der Waals surface area contributed by atoms with Crippen LogP contribution in [-0.4, -0.2) is 44.3 Å². The second-order valence-electron chi connectivity index (χ2n) is 6.50. The highest BCUT2D eigenvalue weighted by molar-refractivity contribution is 7.91. The van der Waals surface area contributed by atoms with Crippen molar-refractivity contribution < 1.29 is 13.2 Å². The molecule has 1 atom stereocenters. The van der Waals surface area contributed by atoms with Crippen LogP contribution in [0.25, 0.3) is 0 Å². The Labute approximate surface area is 160 Å². The smallest absolute Gasteiger partial charge is 0.252 e. The van der Waals surface area contributed by atoms with E-state index in [1.54, 1.807) is 10.4 Å². The second-order valence-corrected chi connectivity index (χ2v) is 9.83. The number of sulfonamides is 1. The Kier molecular flexibility index (Phi) is 8.83. The molecule has 0 saturated carbocycles. The standard InChI is InChI=1S/C16H27N3O3S2.ClH/c1-12(2)15(17)16(20)18-9-8-13-6-7-14(23-13)24(21,22)19-10-4-3-5-11-19;/h6-7,12,15H,3-5,8-11,17H2,1-2H3,(H,18,20);1H/t15-;/m0./s1. The number of rotatable bonds is 7. The van der Waals surface area contributed by atoms with Gasteiger partial charge >= 0.3 is 0 Å². The molecule has 1 aromatic rings. The molecule has 0 aliphatic carbocycles. The topological polar surface area (TPSA) is 92.5 Å². The van der Waals surface area contributed by atoms with Crippen LogP contribution in [0.4, 0.5) is 0 Å². The van der Waals surface area contributed by atoms with Gasteiger partial charge in [0.25, 0.3) is 10.0 Å². The van der Waals surface area contributed by atoms with Crippen molar-refractivity contribution >= 4 is 39.7 Å². The number of piperidine rings is 1. The number of hydrogen-bond acceptors (Lipinski definition) is 5. The summed E-state index contributed by atoms with van der Waals surface area (Å²) < 4.78 is 27.2. The quantitative estimate of drug-likeness (QED) is 0.720.